The van der Waals surface area contributed by atoms with Crippen LogP contribution in [0.15, 0.2) is 65.8 Å². The molecule has 122 valence electrons. The minimum Gasteiger partial charge on any atom is -0.378 e. The second kappa shape index (κ2) is 8.35. The fourth-order valence-electron chi connectivity index (χ4n) is 1.93. The van der Waals surface area contributed by atoms with Gasteiger partial charge in [-0.05, 0) is 23.8 Å². The number of rotatable bonds is 6. The van der Waals surface area contributed by atoms with Crippen molar-refractivity contribution in [3.63, 3.8) is 0 Å². The summed E-state index contributed by atoms with van der Waals surface area (Å²) in [4.78, 5) is 22.1. The lowest BCUT2D eigenvalue weighted by Crippen LogP contribution is -2.24. The topological polar surface area (TPSA) is 105 Å². The van der Waals surface area contributed by atoms with E-state index in [-0.39, 0.29) is 5.69 Å². The van der Waals surface area contributed by atoms with Crippen LogP contribution in [0.1, 0.15) is 17.2 Å². The lowest BCUT2D eigenvalue weighted by molar-refractivity contribution is -0.385. The number of para-hydroxylation sites is 1. The van der Waals surface area contributed by atoms with Crippen LogP contribution in [0, 0.1) is 10.1 Å². The average Bonchev–Trinajstić information content (AvgIpc) is 2.61. The third-order valence-electron chi connectivity index (χ3n) is 3.11. The molecule has 0 heterocycles. The molecule has 0 aliphatic rings. The molecule has 0 aliphatic heterocycles. The number of carbonyl (C=O) groups is 1. The van der Waals surface area contributed by atoms with Crippen molar-refractivity contribution in [2.24, 2.45) is 5.10 Å². The predicted molar refractivity (Wildman–Crippen MR) is 90.2 cm³/mol. The monoisotopic (exact) mass is 325 g/mol. The number of benzene rings is 2. The van der Waals surface area contributed by atoms with E-state index in [1.165, 1.54) is 24.4 Å². The fraction of sp³-hybridized carbons (Fsp3) is 0.0588. The first-order valence-corrected chi connectivity index (χ1v) is 7.05. The molecule has 1 unspecified atom stereocenters. The molecule has 0 spiro atoms. The number of amides is 1. The van der Waals surface area contributed by atoms with Crippen LogP contribution in [-0.2, 0) is 4.79 Å². The molecule has 2 N–H and O–H groups in total. The van der Waals surface area contributed by atoms with Gasteiger partial charge < -0.3 is 5.11 Å². The van der Waals surface area contributed by atoms with Crippen LogP contribution in [0.2, 0.25) is 0 Å². The number of nitro groups is 1. The molecule has 1 atom stereocenters. The predicted octanol–water partition coefficient (Wildman–Crippen LogP) is 2.44. The van der Waals surface area contributed by atoms with Crippen molar-refractivity contribution in [1.29, 1.82) is 0 Å². The summed E-state index contributed by atoms with van der Waals surface area (Å²) in [5.74, 6) is -0.670. The van der Waals surface area contributed by atoms with Crippen LogP contribution in [0.25, 0.3) is 6.08 Å². The van der Waals surface area contributed by atoms with Crippen LogP contribution >= 0.6 is 0 Å². The van der Waals surface area contributed by atoms with Crippen LogP contribution in [0.3, 0.4) is 0 Å². The third kappa shape index (κ3) is 4.59. The average molecular weight is 325 g/mol. The van der Waals surface area contributed by atoms with E-state index in [2.05, 4.69) is 10.5 Å². The van der Waals surface area contributed by atoms with Gasteiger partial charge in [-0.2, -0.15) is 5.10 Å². The molecule has 7 nitrogen and oxygen atoms in total. The normalized spacial score (nSPS) is 12.4. The number of nitrogens with zero attached hydrogens (tertiary/aromatic N) is 2. The number of hydrogen-bond donors (Lipinski definition) is 2. The summed E-state index contributed by atoms with van der Waals surface area (Å²) < 4.78 is 0. The summed E-state index contributed by atoms with van der Waals surface area (Å²) in [5, 5.41) is 24.4. The van der Waals surface area contributed by atoms with E-state index in [0.29, 0.717) is 11.1 Å². The SMILES string of the molecule is O=C(NN=CC=Cc1ccccc1[N+](=O)[O-])C(O)c1ccccc1. The van der Waals surface area contributed by atoms with Crippen LogP contribution in [0.5, 0.6) is 0 Å². The molecule has 2 aromatic carbocycles. The maximum absolute atomic E-state index is 11.7. The Morgan fingerprint density at radius 3 is 2.54 bits per heavy atom. The molecule has 2 aromatic rings. The molecular formula is C17H15N3O4. The standard InChI is InChI=1S/C17H15N3O4/c21-16(14-8-2-1-3-9-14)17(22)19-18-12-6-10-13-7-4-5-11-15(13)20(23)24/h1-12,16,21H,(H,19,22). The van der Waals surface area contributed by atoms with Crippen LogP contribution in [-0.4, -0.2) is 22.2 Å². The minimum absolute atomic E-state index is 0.0225. The van der Waals surface area contributed by atoms with Crippen molar-refractivity contribution in [3.8, 4) is 0 Å². The Kier molecular flexibility index (Phi) is 5.93. The number of nitro benzene ring substituents is 1. The van der Waals surface area contributed by atoms with E-state index in [1.54, 1.807) is 48.5 Å². The van der Waals surface area contributed by atoms with E-state index in [1.807, 2.05) is 0 Å². The lowest BCUT2D eigenvalue weighted by atomic mass is 10.1. The molecular weight excluding hydrogens is 310 g/mol. The Labute approximate surface area is 138 Å². The Balaban J connectivity index is 1.93. The highest BCUT2D eigenvalue weighted by Crippen LogP contribution is 2.18. The molecule has 0 saturated heterocycles. The maximum atomic E-state index is 11.7. The lowest BCUT2D eigenvalue weighted by Gasteiger charge is -2.08. The minimum atomic E-state index is -1.32. The van der Waals surface area contributed by atoms with E-state index >= 15 is 0 Å². The van der Waals surface area contributed by atoms with Gasteiger partial charge in [0.1, 0.15) is 0 Å². The molecule has 24 heavy (non-hydrogen) atoms. The highest BCUT2D eigenvalue weighted by atomic mass is 16.6. The highest BCUT2D eigenvalue weighted by molar-refractivity contribution is 5.84. The summed E-state index contributed by atoms with van der Waals surface area (Å²) in [6.07, 6.45) is 2.91. The summed E-state index contributed by atoms with van der Waals surface area (Å²) in [6, 6.07) is 14.7. The Hall–Kier alpha value is -3.32. The van der Waals surface area contributed by atoms with E-state index in [0.717, 1.165) is 0 Å². The van der Waals surface area contributed by atoms with Gasteiger partial charge in [-0.1, -0.05) is 42.5 Å². The van der Waals surface area contributed by atoms with Crippen molar-refractivity contribution in [2.45, 2.75) is 6.10 Å². The van der Waals surface area contributed by atoms with Crippen molar-refractivity contribution in [2.75, 3.05) is 0 Å². The molecule has 1 amide bonds. The quantitative estimate of drug-likeness (QED) is 0.483. The number of aliphatic hydroxyl groups excluding tert-OH is 1. The van der Waals surface area contributed by atoms with Crippen molar-refractivity contribution in [3.05, 3.63) is 81.9 Å². The van der Waals surface area contributed by atoms with E-state index in [4.69, 9.17) is 0 Å². The van der Waals surface area contributed by atoms with E-state index in [9.17, 15) is 20.0 Å². The number of hydrazone groups is 1. The molecule has 2 rings (SSSR count). The molecule has 0 radical (unpaired) electrons. The smallest absolute Gasteiger partial charge is 0.276 e. The zero-order chi connectivity index (χ0) is 17.4. The first-order chi connectivity index (χ1) is 11.6. The summed E-state index contributed by atoms with van der Waals surface area (Å²) >= 11 is 0. The van der Waals surface area contributed by atoms with Crippen LogP contribution < -0.4 is 5.43 Å². The highest BCUT2D eigenvalue weighted by Gasteiger charge is 2.15. The van der Waals surface area contributed by atoms with Gasteiger partial charge in [0.25, 0.3) is 11.6 Å². The molecule has 0 saturated carbocycles. The first-order valence-electron chi connectivity index (χ1n) is 7.05. The summed E-state index contributed by atoms with van der Waals surface area (Å²) in [6.45, 7) is 0. The Morgan fingerprint density at radius 1 is 1.17 bits per heavy atom. The largest absolute Gasteiger partial charge is 0.378 e. The zero-order valence-electron chi connectivity index (χ0n) is 12.6. The van der Waals surface area contributed by atoms with Gasteiger partial charge >= 0.3 is 0 Å². The van der Waals surface area contributed by atoms with Gasteiger partial charge in [-0.25, -0.2) is 5.43 Å². The van der Waals surface area contributed by atoms with Gasteiger partial charge in [0.05, 0.1) is 10.5 Å². The maximum Gasteiger partial charge on any atom is 0.276 e. The van der Waals surface area contributed by atoms with Gasteiger partial charge in [-0.15, -0.1) is 0 Å². The van der Waals surface area contributed by atoms with Gasteiger partial charge in [0, 0.05) is 12.3 Å². The summed E-state index contributed by atoms with van der Waals surface area (Å²) in [5.41, 5.74) is 3.06. The van der Waals surface area contributed by atoms with Crippen LogP contribution in [0.4, 0.5) is 5.69 Å². The van der Waals surface area contributed by atoms with E-state index < -0.39 is 16.9 Å². The van der Waals surface area contributed by atoms with Crippen molar-refractivity contribution in [1.82, 2.24) is 5.43 Å². The van der Waals surface area contributed by atoms with Gasteiger partial charge in [-0.3, -0.25) is 14.9 Å². The Bertz CT molecular complexity index is 772. The molecule has 0 bridgehead atoms. The van der Waals surface area contributed by atoms with Gasteiger partial charge in [0.2, 0.25) is 0 Å². The second-order valence-electron chi connectivity index (χ2n) is 4.74. The fourth-order valence-corrected chi connectivity index (χ4v) is 1.93. The number of nitrogens with one attached hydrogen (secondary N) is 1. The summed E-state index contributed by atoms with van der Waals surface area (Å²) in [7, 11) is 0. The number of carbonyl (C=O) groups excluding carboxylic acids is 1. The second-order valence-corrected chi connectivity index (χ2v) is 4.74. The first kappa shape index (κ1) is 17.0. The number of aliphatic hydroxyl groups is 1. The third-order valence-corrected chi connectivity index (χ3v) is 3.11. The van der Waals surface area contributed by atoms with Crippen molar-refractivity contribution >= 4 is 23.9 Å². The molecule has 0 fully saturated rings. The molecule has 0 aromatic heterocycles. The van der Waals surface area contributed by atoms with Crippen molar-refractivity contribution < 1.29 is 14.8 Å². The molecule has 0 aliphatic carbocycles. The Morgan fingerprint density at radius 2 is 1.83 bits per heavy atom. The number of hydrogen-bond acceptors (Lipinski definition) is 5. The zero-order valence-corrected chi connectivity index (χ0v) is 12.6. The molecule has 7 heteroatoms. The van der Waals surface area contributed by atoms with Gasteiger partial charge in [0.15, 0.2) is 6.10 Å². The number of allylic oxidation sites excluding steroid dienone is 1.